The van der Waals surface area contributed by atoms with Gasteiger partial charge < -0.3 is 0 Å². The summed E-state index contributed by atoms with van der Waals surface area (Å²) in [5.41, 5.74) is 0. The van der Waals surface area contributed by atoms with Crippen molar-refractivity contribution in [3.8, 4) is 0 Å². The molecule has 0 fully saturated rings. The second-order valence-electron chi connectivity index (χ2n) is 2.65. The number of aryl methyl sites for hydroxylation is 1. The van der Waals surface area contributed by atoms with Gasteiger partial charge in [0.1, 0.15) is 5.82 Å². The van der Waals surface area contributed by atoms with Crippen molar-refractivity contribution < 1.29 is 8.42 Å². The quantitative estimate of drug-likeness (QED) is 0.699. The van der Waals surface area contributed by atoms with Crippen LogP contribution in [0.2, 0.25) is 0 Å². The van der Waals surface area contributed by atoms with E-state index in [1.54, 1.807) is 0 Å². The molecule has 0 bridgehead atoms. The van der Waals surface area contributed by atoms with Crippen molar-refractivity contribution in [3.63, 3.8) is 0 Å². The summed E-state index contributed by atoms with van der Waals surface area (Å²) in [7, 11) is -3.16. The highest BCUT2D eigenvalue weighted by Crippen LogP contribution is 2.03. The van der Waals surface area contributed by atoms with Gasteiger partial charge in [0.15, 0.2) is 0 Å². The summed E-state index contributed by atoms with van der Waals surface area (Å²) in [5, 5.41) is 0. The first-order chi connectivity index (χ1) is 5.55. The molecule has 68 valence electrons. The van der Waals surface area contributed by atoms with Gasteiger partial charge >= 0.3 is 0 Å². The summed E-state index contributed by atoms with van der Waals surface area (Å²) >= 11 is 0. The van der Waals surface area contributed by atoms with Crippen LogP contribution in [-0.2, 0) is 16.4 Å². The van der Waals surface area contributed by atoms with Crippen molar-refractivity contribution in [2.24, 2.45) is 0 Å². The summed E-state index contributed by atoms with van der Waals surface area (Å²) in [6.07, 6.45) is 5.74. The fourth-order valence-corrected chi connectivity index (χ4v) is 1.82. The molecule has 0 saturated carbocycles. The van der Waals surface area contributed by atoms with E-state index in [1.807, 2.05) is 6.92 Å². The van der Waals surface area contributed by atoms with Gasteiger partial charge in [-0.3, -0.25) is 0 Å². The fraction of sp³-hybridized carbons (Fsp3) is 0.571. The smallest absolute Gasteiger partial charge is 0.237 e. The van der Waals surface area contributed by atoms with Crippen molar-refractivity contribution in [2.75, 3.05) is 6.26 Å². The average molecular weight is 188 g/mol. The van der Waals surface area contributed by atoms with Crippen LogP contribution in [0.15, 0.2) is 12.4 Å². The van der Waals surface area contributed by atoms with E-state index in [0.29, 0.717) is 12.2 Å². The molecule has 0 spiro atoms. The molecule has 1 aromatic rings. The van der Waals surface area contributed by atoms with Gasteiger partial charge in [-0.25, -0.2) is 17.4 Å². The second-order valence-corrected chi connectivity index (χ2v) is 4.51. The maximum Gasteiger partial charge on any atom is 0.237 e. The highest BCUT2D eigenvalue weighted by Gasteiger charge is 2.09. The predicted molar refractivity (Wildman–Crippen MR) is 46.5 cm³/mol. The van der Waals surface area contributed by atoms with Crippen LogP contribution in [0.25, 0.3) is 0 Å². The Morgan fingerprint density at radius 1 is 1.58 bits per heavy atom. The Balaban J connectivity index is 3.08. The molecule has 0 aromatic carbocycles. The zero-order valence-corrected chi connectivity index (χ0v) is 8.00. The van der Waals surface area contributed by atoms with E-state index < -0.39 is 10.0 Å². The van der Waals surface area contributed by atoms with Gasteiger partial charge in [0, 0.05) is 18.8 Å². The van der Waals surface area contributed by atoms with Gasteiger partial charge in [-0.15, -0.1) is 0 Å². The lowest BCUT2D eigenvalue weighted by Gasteiger charge is -2.02. The van der Waals surface area contributed by atoms with Crippen LogP contribution >= 0.6 is 0 Å². The lowest BCUT2D eigenvalue weighted by molar-refractivity contribution is 0.590. The molecule has 1 heterocycles. The highest BCUT2D eigenvalue weighted by molar-refractivity contribution is 7.89. The molecule has 0 saturated heterocycles. The third-order valence-electron chi connectivity index (χ3n) is 1.51. The lowest BCUT2D eigenvalue weighted by Crippen LogP contribution is -2.12. The van der Waals surface area contributed by atoms with Crippen molar-refractivity contribution >= 4 is 10.0 Å². The molecule has 0 atom stereocenters. The van der Waals surface area contributed by atoms with Gasteiger partial charge in [0.2, 0.25) is 10.0 Å². The van der Waals surface area contributed by atoms with Gasteiger partial charge in [0.25, 0.3) is 0 Å². The van der Waals surface area contributed by atoms with Crippen LogP contribution in [0.3, 0.4) is 0 Å². The largest absolute Gasteiger partial charge is 0.241 e. The van der Waals surface area contributed by atoms with Crippen LogP contribution in [0.4, 0.5) is 0 Å². The normalized spacial score (nSPS) is 11.8. The monoisotopic (exact) mass is 188 g/mol. The Morgan fingerprint density at radius 3 is 2.75 bits per heavy atom. The molecule has 0 N–H and O–H groups in total. The van der Waals surface area contributed by atoms with Gasteiger partial charge in [0.05, 0.1) is 6.26 Å². The minimum atomic E-state index is -3.16. The van der Waals surface area contributed by atoms with E-state index in [9.17, 15) is 8.42 Å². The van der Waals surface area contributed by atoms with Crippen molar-refractivity contribution in [1.29, 1.82) is 0 Å². The minimum absolute atomic E-state index is 0.611. The number of hydrogen-bond donors (Lipinski definition) is 0. The molecule has 0 aliphatic heterocycles. The zero-order valence-electron chi connectivity index (χ0n) is 7.19. The van der Waals surface area contributed by atoms with Crippen LogP contribution in [-0.4, -0.2) is 23.6 Å². The first-order valence-corrected chi connectivity index (χ1v) is 5.63. The summed E-state index contributed by atoms with van der Waals surface area (Å²) < 4.78 is 23.4. The average Bonchev–Trinajstić information content (AvgIpc) is 2.34. The minimum Gasteiger partial charge on any atom is -0.241 e. The summed E-state index contributed by atoms with van der Waals surface area (Å²) in [5.74, 6) is 0.611. The van der Waals surface area contributed by atoms with Crippen molar-refractivity contribution in [2.45, 2.75) is 19.8 Å². The zero-order chi connectivity index (χ0) is 9.19. The van der Waals surface area contributed by atoms with Crippen LogP contribution < -0.4 is 0 Å². The summed E-state index contributed by atoms with van der Waals surface area (Å²) in [4.78, 5) is 3.96. The molecule has 0 amide bonds. The molecule has 0 unspecified atom stereocenters. The van der Waals surface area contributed by atoms with E-state index in [1.165, 1.54) is 22.6 Å². The summed E-state index contributed by atoms with van der Waals surface area (Å²) in [6.45, 7) is 1.99. The first-order valence-electron chi connectivity index (χ1n) is 3.78. The molecular formula is C7H12N2O2S. The number of imidazole rings is 1. The molecule has 4 nitrogen and oxygen atoms in total. The number of aromatic nitrogens is 2. The van der Waals surface area contributed by atoms with Crippen LogP contribution in [0.5, 0.6) is 0 Å². The summed E-state index contributed by atoms with van der Waals surface area (Å²) in [6, 6.07) is 0. The molecule has 12 heavy (non-hydrogen) atoms. The van der Waals surface area contributed by atoms with Crippen molar-refractivity contribution in [3.05, 3.63) is 18.2 Å². The molecule has 0 aliphatic rings. The standard InChI is InChI=1S/C7H12N2O2S/c1-3-4-7-8-5-6-9(7)12(2,10)11/h5-6H,3-4H2,1-2H3. The molecule has 0 radical (unpaired) electrons. The highest BCUT2D eigenvalue weighted by atomic mass is 32.2. The van der Waals surface area contributed by atoms with E-state index >= 15 is 0 Å². The number of nitrogens with zero attached hydrogens (tertiary/aromatic N) is 2. The first kappa shape index (κ1) is 9.25. The third-order valence-corrected chi connectivity index (χ3v) is 2.56. The Hall–Kier alpha value is -0.840. The molecule has 5 heteroatoms. The maximum atomic E-state index is 11.1. The Kier molecular flexibility index (Phi) is 2.52. The van der Waals surface area contributed by atoms with Gasteiger partial charge in [-0.05, 0) is 6.42 Å². The topological polar surface area (TPSA) is 52.0 Å². The second kappa shape index (κ2) is 3.26. The number of rotatable bonds is 3. The van der Waals surface area contributed by atoms with Crippen LogP contribution in [0, 0.1) is 0 Å². The van der Waals surface area contributed by atoms with Crippen molar-refractivity contribution in [1.82, 2.24) is 8.96 Å². The predicted octanol–water partition coefficient (Wildman–Crippen LogP) is 0.643. The van der Waals surface area contributed by atoms with E-state index in [0.717, 1.165) is 6.42 Å². The molecule has 0 aliphatic carbocycles. The molecule has 1 aromatic heterocycles. The Morgan fingerprint density at radius 2 is 2.25 bits per heavy atom. The van der Waals surface area contributed by atoms with Gasteiger partial charge in [-0.1, -0.05) is 6.92 Å². The Bertz CT molecular complexity index is 353. The SMILES string of the molecule is CCCc1nccn1S(C)(=O)=O. The third kappa shape index (κ3) is 1.85. The Labute approximate surface area is 72.3 Å². The maximum absolute atomic E-state index is 11.1. The molecular weight excluding hydrogens is 176 g/mol. The fourth-order valence-electron chi connectivity index (χ4n) is 1.02. The van der Waals surface area contributed by atoms with Gasteiger partial charge in [-0.2, -0.15) is 0 Å². The molecule has 1 rings (SSSR count). The van der Waals surface area contributed by atoms with E-state index in [2.05, 4.69) is 4.98 Å². The lowest BCUT2D eigenvalue weighted by atomic mass is 10.3. The van der Waals surface area contributed by atoms with E-state index in [-0.39, 0.29) is 0 Å². The van der Waals surface area contributed by atoms with E-state index in [4.69, 9.17) is 0 Å². The number of hydrogen-bond acceptors (Lipinski definition) is 3. The van der Waals surface area contributed by atoms with Crippen LogP contribution in [0.1, 0.15) is 19.2 Å².